The second-order valence-corrected chi connectivity index (χ2v) is 11.0. The van der Waals surface area contributed by atoms with Crippen LogP contribution >= 0.6 is 22.9 Å². The van der Waals surface area contributed by atoms with Gasteiger partial charge in [-0.1, -0.05) is 38.4 Å². The second-order valence-electron chi connectivity index (χ2n) is 9.45. The van der Waals surface area contributed by atoms with Crippen molar-refractivity contribution < 1.29 is 27.5 Å². The van der Waals surface area contributed by atoms with Crippen LogP contribution in [0.15, 0.2) is 24.3 Å². The summed E-state index contributed by atoms with van der Waals surface area (Å²) in [6.07, 6.45) is -3.40. The quantitative estimate of drug-likeness (QED) is 0.384. The van der Waals surface area contributed by atoms with Crippen LogP contribution < -0.4 is 10.6 Å². The number of hydrogen-bond acceptors (Lipinski definition) is 6. The zero-order valence-corrected chi connectivity index (χ0v) is 21.2. The van der Waals surface area contributed by atoms with E-state index >= 15 is 0 Å². The molecule has 0 radical (unpaired) electrons. The predicted octanol–water partition coefficient (Wildman–Crippen LogP) is 5.70. The van der Waals surface area contributed by atoms with Gasteiger partial charge in [-0.3, -0.25) is 4.79 Å². The van der Waals surface area contributed by atoms with Crippen molar-refractivity contribution >= 4 is 39.8 Å². The van der Waals surface area contributed by atoms with E-state index in [0.29, 0.717) is 18.4 Å². The number of carbonyl (C=O) groups excluding carboxylic acids is 2. The van der Waals surface area contributed by atoms with Crippen LogP contribution in [0.2, 0.25) is 5.02 Å². The lowest BCUT2D eigenvalue weighted by atomic mass is 9.72. The molecule has 0 fully saturated rings. The van der Waals surface area contributed by atoms with E-state index in [0.717, 1.165) is 29.7 Å². The summed E-state index contributed by atoms with van der Waals surface area (Å²) < 4.78 is 48.0. The molecule has 35 heavy (non-hydrogen) atoms. The van der Waals surface area contributed by atoms with Gasteiger partial charge in [0.05, 0.1) is 12.7 Å². The van der Waals surface area contributed by atoms with Gasteiger partial charge in [-0.2, -0.15) is 18.4 Å². The van der Waals surface area contributed by atoms with Gasteiger partial charge in [0.1, 0.15) is 11.1 Å². The molecule has 0 saturated heterocycles. The normalized spacial score (nSPS) is 17.5. The fourth-order valence-electron chi connectivity index (χ4n) is 4.12. The van der Waals surface area contributed by atoms with Crippen LogP contribution in [0.5, 0.6) is 0 Å². The molecule has 1 aromatic carbocycles. The number of hydrogen-bond donors (Lipinski definition) is 2. The van der Waals surface area contributed by atoms with E-state index in [1.54, 1.807) is 5.32 Å². The third-order valence-corrected chi connectivity index (χ3v) is 7.61. The Bertz CT molecular complexity index is 1180. The highest BCUT2D eigenvalue weighted by atomic mass is 35.5. The molecule has 6 nitrogen and oxygen atoms in total. The van der Waals surface area contributed by atoms with Crippen LogP contribution in [-0.2, 0) is 22.4 Å². The summed E-state index contributed by atoms with van der Waals surface area (Å²) in [5.74, 6) is -2.69. The minimum absolute atomic E-state index is 0.0191. The fourth-order valence-corrected chi connectivity index (χ4v) is 5.64. The van der Waals surface area contributed by atoms with Crippen LogP contribution in [0.4, 0.5) is 18.2 Å². The highest BCUT2D eigenvalue weighted by molar-refractivity contribution is 7.16. The molecule has 1 aliphatic rings. The van der Waals surface area contributed by atoms with Gasteiger partial charge in [-0.25, -0.2) is 4.79 Å². The first-order valence-corrected chi connectivity index (χ1v) is 12.0. The third-order valence-electron chi connectivity index (χ3n) is 6.21. The Kier molecular flexibility index (Phi) is 7.44. The Morgan fingerprint density at radius 2 is 1.94 bits per heavy atom. The Hall–Kier alpha value is -2.77. The molecule has 0 unspecified atom stereocenters. The summed E-state index contributed by atoms with van der Waals surface area (Å²) in [6.45, 7) is 6.29. The summed E-state index contributed by atoms with van der Waals surface area (Å²) in [4.78, 5) is 26.2. The number of nitriles is 1. The first-order chi connectivity index (χ1) is 16.2. The van der Waals surface area contributed by atoms with E-state index in [4.69, 9.17) is 11.6 Å². The third kappa shape index (κ3) is 5.26. The highest BCUT2D eigenvalue weighted by Crippen LogP contribution is 2.45. The number of carbonyl (C=O) groups is 2. The molecular weight excluding hydrogens is 503 g/mol. The molecule has 2 atom stereocenters. The number of halogens is 4. The molecule has 188 valence electrons. The maximum atomic E-state index is 14.5. The standard InChI is InChI=1S/C24H25ClF3N3O3S/c1-22(2,3)14-8-9-16-17(12-29)20(35-18(16)11-14)31-23(21(33)34-4,24(26,27)28)30-19(32)13-6-5-7-15(25)10-13/h5-7,10,14,31H,8-9,11H2,1-4H3,(H,30,32)/t14-,23+/m1/s1. The zero-order chi connectivity index (χ0) is 26.2. The summed E-state index contributed by atoms with van der Waals surface area (Å²) >= 11 is 6.86. The molecule has 0 aliphatic heterocycles. The van der Waals surface area contributed by atoms with E-state index in [1.165, 1.54) is 24.3 Å². The number of nitrogens with zero attached hydrogens (tertiary/aromatic N) is 1. The molecule has 0 spiro atoms. The fraction of sp³-hybridized carbons (Fsp3) is 0.458. The Morgan fingerprint density at radius 3 is 2.49 bits per heavy atom. The minimum Gasteiger partial charge on any atom is -0.466 e. The Balaban J connectivity index is 2.08. The van der Waals surface area contributed by atoms with Gasteiger partial charge in [0.2, 0.25) is 0 Å². The molecule has 1 amide bonds. The number of alkyl halides is 3. The van der Waals surface area contributed by atoms with Gasteiger partial charge in [0, 0.05) is 15.5 Å². The van der Waals surface area contributed by atoms with Crippen molar-refractivity contribution in [1.29, 1.82) is 5.26 Å². The average Bonchev–Trinajstić information content (AvgIpc) is 3.12. The Morgan fingerprint density at radius 1 is 1.26 bits per heavy atom. The van der Waals surface area contributed by atoms with E-state index < -0.39 is 23.7 Å². The molecule has 0 saturated carbocycles. The van der Waals surface area contributed by atoms with E-state index in [-0.39, 0.29) is 32.5 Å². The van der Waals surface area contributed by atoms with Gasteiger partial charge in [-0.05, 0) is 54.4 Å². The lowest BCUT2D eigenvalue weighted by molar-refractivity contribution is -0.203. The largest absolute Gasteiger partial charge is 0.466 e. The average molecular weight is 528 g/mol. The summed E-state index contributed by atoms with van der Waals surface area (Å²) in [6, 6.07) is 7.26. The van der Waals surface area contributed by atoms with Crippen molar-refractivity contribution in [1.82, 2.24) is 5.32 Å². The first kappa shape index (κ1) is 26.8. The predicted molar refractivity (Wildman–Crippen MR) is 127 cm³/mol. The summed E-state index contributed by atoms with van der Waals surface area (Å²) in [7, 11) is 0.786. The minimum atomic E-state index is -5.32. The van der Waals surface area contributed by atoms with E-state index in [9.17, 15) is 28.0 Å². The zero-order valence-electron chi connectivity index (χ0n) is 19.6. The van der Waals surface area contributed by atoms with Gasteiger partial charge >= 0.3 is 17.8 Å². The van der Waals surface area contributed by atoms with Gasteiger partial charge in [0.15, 0.2) is 0 Å². The highest BCUT2D eigenvalue weighted by Gasteiger charge is 2.64. The molecular formula is C24H25ClF3N3O3S. The summed E-state index contributed by atoms with van der Waals surface area (Å²) in [5, 5.41) is 13.7. The SMILES string of the molecule is COC(=O)[C@](NC(=O)c1cccc(Cl)c1)(Nc1sc2c(c1C#N)CC[C@@H](C(C)(C)C)C2)C(F)(F)F. The molecule has 0 bridgehead atoms. The number of nitrogens with one attached hydrogen (secondary N) is 2. The number of ether oxygens (including phenoxy) is 1. The molecule has 11 heteroatoms. The number of esters is 1. The van der Waals surface area contributed by atoms with Gasteiger partial charge in [0.25, 0.3) is 5.91 Å². The van der Waals surface area contributed by atoms with Gasteiger partial charge in [-0.15, -0.1) is 11.3 Å². The topological polar surface area (TPSA) is 91.2 Å². The van der Waals surface area contributed by atoms with Gasteiger partial charge < -0.3 is 15.4 Å². The van der Waals surface area contributed by atoms with Crippen molar-refractivity contribution in [3.8, 4) is 6.07 Å². The summed E-state index contributed by atoms with van der Waals surface area (Å²) in [5.41, 5.74) is -3.14. The number of methoxy groups -OCH3 is 1. The van der Waals surface area contributed by atoms with Crippen LogP contribution in [0.25, 0.3) is 0 Å². The van der Waals surface area contributed by atoms with Crippen LogP contribution in [0.1, 0.15) is 53.6 Å². The van der Waals surface area contributed by atoms with E-state index in [1.807, 2.05) is 6.07 Å². The Labute approximate surface area is 210 Å². The number of anilines is 1. The number of fused-ring (bicyclic) bond motifs is 1. The number of amides is 1. The molecule has 1 aliphatic carbocycles. The van der Waals surface area contributed by atoms with Crippen molar-refractivity contribution in [2.75, 3.05) is 12.4 Å². The number of benzene rings is 1. The molecule has 2 N–H and O–H groups in total. The van der Waals surface area contributed by atoms with E-state index in [2.05, 4.69) is 30.8 Å². The van der Waals surface area contributed by atoms with Crippen molar-refractivity contribution in [2.24, 2.45) is 11.3 Å². The maximum Gasteiger partial charge on any atom is 0.441 e. The van der Waals surface area contributed by atoms with Crippen LogP contribution in [-0.4, -0.2) is 30.8 Å². The van der Waals surface area contributed by atoms with Crippen molar-refractivity contribution in [3.05, 3.63) is 50.9 Å². The monoisotopic (exact) mass is 527 g/mol. The van der Waals surface area contributed by atoms with Crippen molar-refractivity contribution in [3.63, 3.8) is 0 Å². The first-order valence-electron chi connectivity index (χ1n) is 10.8. The number of thiophene rings is 1. The lowest BCUT2D eigenvalue weighted by Crippen LogP contribution is -2.69. The molecule has 3 rings (SSSR count). The molecule has 2 aromatic rings. The maximum absolute atomic E-state index is 14.5. The molecule has 1 aromatic heterocycles. The lowest BCUT2D eigenvalue weighted by Gasteiger charge is -2.34. The van der Waals surface area contributed by atoms with Crippen LogP contribution in [0, 0.1) is 22.7 Å². The smallest absolute Gasteiger partial charge is 0.441 e. The number of rotatable bonds is 5. The van der Waals surface area contributed by atoms with Crippen molar-refractivity contribution in [2.45, 2.75) is 51.9 Å². The molecule has 1 heterocycles. The van der Waals surface area contributed by atoms with Crippen LogP contribution in [0.3, 0.4) is 0 Å². The second kappa shape index (κ2) is 9.70.